The van der Waals surface area contributed by atoms with E-state index < -0.39 is 0 Å². The van der Waals surface area contributed by atoms with E-state index in [0.29, 0.717) is 25.9 Å². The zero-order valence-corrected chi connectivity index (χ0v) is 16.8. The number of hydrogen-bond donors (Lipinski definition) is 3. The fourth-order valence-electron chi connectivity index (χ4n) is 3.26. The predicted octanol–water partition coefficient (Wildman–Crippen LogP) is 2.36. The van der Waals surface area contributed by atoms with Gasteiger partial charge in [0.1, 0.15) is 0 Å². The van der Waals surface area contributed by atoms with Gasteiger partial charge in [-0.15, -0.1) is 12.4 Å². The molecule has 0 saturated carbocycles. The number of hydrogen-bond acceptors (Lipinski definition) is 3. The lowest BCUT2D eigenvalue weighted by Gasteiger charge is -2.27. The number of amides is 2. The monoisotopic (exact) mass is 379 g/mol. The van der Waals surface area contributed by atoms with E-state index in [1.165, 1.54) is 0 Å². The van der Waals surface area contributed by atoms with Gasteiger partial charge in [0.2, 0.25) is 11.8 Å². The van der Waals surface area contributed by atoms with E-state index in [1.54, 1.807) is 0 Å². The number of carbonyl (C=O) groups is 2. The Morgan fingerprint density at radius 3 is 2.19 bits per heavy atom. The quantitative estimate of drug-likeness (QED) is 0.637. The summed E-state index contributed by atoms with van der Waals surface area (Å²) >= 11 is 0. The first kappa shape index (κ1) is 22.2. The second-order valence-corrected chi connectivity index (χ2v) is 7.65. The molecule has 0 atom stereocenters. The molecule has 144 valence electrons. The van der Waals surface area contributed by atoms with Crippen LogP contribution in [0.5, 0.6) is 0 Å². The van der Waals surface area contributed by atoms with Crippen molar-refractivity contribution < 1.29 is 9.59 Å². The van der Waals surface area contributed by atoms with Gasteiger partial charge in [0.25, 0.3) is 0 Å². The van der Waals surface area contributed by atoms with Crippen LogP contribution in [0.2, 0.25) is 0 Å². The molecule has 1 aromatic carbocycles. The largest absolute Gasteiger partial charge is 0.356 e. The van der Waals surface area contributed by atoms with Gasteiger partial charge in [-0.2, -0.15) is 0 Å². The van der Waals surface area contributed by atoms with Crippen molar-refractivity contribution in [3.8, 4) is 0 Å². The first-order chi connectivity index (χ1) is 11.7. The molecule has 0 saturated heterocycles. The fraction of sp³-hybridized carbons (Fsp3) is 0.500. The molecular weight excluding hydrogens is 350 g/mol. The van der Waals surface area contributed by atoms with Crippen molar-refractivity contribution in [2.24, 2.45) is 0 Å². The van der Waals surface area contributed by atoms with Crippen molar-refractivity contribution in [1.82, 2.24) is 16.0 Å². The molecule has 0 aliphatic carbocycles. The molecule has 2 rings (SSSR count). The Bertz CT molecular complexity index is 654. The summed E-state index contributed by atoms with van der Waals surface area (Å²) in [5.74, 6) is -0.0400. The van der Waals surface area contributed by atoms with Gasteiger partial charge >= 0.3 is 0 Å². The molecule has 3 N–H and O–H groups in total. The highest BCUT2D eigenvalue weighted by molar-refractivity contribution is 5.96. The summed E-state index contributed by atoms with van der Waals surface area (Å²) < 4.78 is 0. The van der Waals surface area contributed by atoms with E-state index >= 15 is 0 Å². The summed E-state index contributed by atoms with van der Waals surface area (Å²) in [6, 6.07) is 9.65. The molecule has 2 amide bonds. The number of carbonyl (C=O) groups excluding carboxylic acids is 2. The maximum absolute atomic E-state index is 12.4. The van der Waals surface area contributed by atoms with Crippen molar-refractivity contribution >= 4 is 24.2 Å². The maximum Gasteiger partial charge on any atom is 0.248 e. The van der Waals surface area contributed by atoms with E-state index in [4.69, 9.17) is 0 Å². The molecule has 1 heterocycles. The Kier molecular flexibility index (Phi) is 7.85. The van der Waals surface area contributed by atoms with E-state index in [9.17, 15) is 9.59 Å². The lowest BCUT2D eigenvalue weighted by atomic mass is 9.96. The van der Waals surface area contributed by atoms with Crippen molar-refractivity contribution in [2.75, 3.05) is 13.1 Å². The molecule has 1 aliphatic heterocycles. The summed E-state index contributed by atoms with van der Waals surface area (Å²) in [5.41, 5.74) is 1.25. The molecule has 0 fully saturated rings. The molecule has 0 aromatic heterocycles. The van der Waals surface area contributed by atoms with Gasteiger partial charge < -0.3 is 10.6 Å². The van der Waals surface area contributed by atoms with Gasteiger partial charge in [0, 0.05) is 29.7 Å². The molecule has 0 radical (unpaired) electrons. The van der Waals surface area contributed by atoms with Crippen LogP contribution in [-0.2, 0) is 16.0 Å². The standard InChI is InChI=1S/C20H29N3O2.ClH/c1-19(2)14-16(20(3,4)23-19)18(25)22-12-8-11-21-17(24)13-15-9-6-5-7-10-15;/h5-7,9-10,14,23H,8,11-13H2,1-4H3,(H,21,24)(H,22,25);1H. The van der Waals surface area contributed by atoms with Gasteiger partial charge in [-0.05, 0) is 39.7 Å². The summed E-state index contributed by atoms with van der Waals surface area (Å²) in [5, 5.41) is 9.26. The van der Waals surface area contributed by atoms with Crippen molar-refractivity contribution in [3.63, 3.8) is 0 Å². The number of halogens is 1. The molecule has 1 aromatic rings. The number of nitrogens with one attached hydrogen (secondary N) is 3. The lowest BCUT2D eigenvalue weighted by molar-refractivity contribution is -0.120. The Balaban J connectivity index is 0.00000338. The highest BCUT2D eigenvalue weighted by atomic mass is 35.5. The Morgan fingerprint density at radius 2 is 1.62 bits per heavy atom. The fourth-order valence-corrected chi connectivity index (χ4v) is 3.26. The van der Waals surface area contributed by atoms with Crippen molar-refractivity contribution in [1.29, 1.82) is 0 Å². The van der Waals surface area contributed by atoms with Gasteiger partial charge in [0.05, 0.1) is 6.42 Å². The zero-order valence-electron chi connectivity index (χ0n) is 16.0. The van der Waals surface area contributed by atoms with Crippen LogP contribution in [0.15, 0.2) is 42.0 Å². The van der Waals surface area contributed by atoms with Crippen LogP contribution >= 0.6 is 12.4 Å². The minimum absolute atomic E-state index is 0. The first-order valence-corrected chi connectivity index (χ1v) is 8.81. The predicted molar refractivity (Wildman–Crippen MR) is 107 cm³/mol. The summed E-state index contributed by atoms with van der Waals surface area (Å²) in [6.45, 7) is 9.22. The molecule has 0 spiro atoms. The zero-order chi connectivity index (χ0) is 18.5. The molecule has 6 heteroatoms. The van der Waals surface area contributed by atoms with Gasteiger partial charge in [-0.3, -0.25) is 14.9 Å². The van der Waals surface area contributed by atoms with E-state index in [-0.39, 0.29) is 35.3 Å². The normalized spacial score (nSPS) is 17.0. The van der Waals surface area contributed by atoms with Crippen LogP contribution in [0.25, 0.3) is 0 Å². The van der Waals surface area contributed by atoms with E-state index in [2.05, 4.69) is 29.8 Å². The van der Waals surface area contributed by atoms with E-state index in [0.717, 1.165) is 11.1 Å². The van der Waals surface area contributed by atoms with E-state index in [1.807, 2.05) is 50.3 Å². The SMILES string of the molecule is CC1(C)C=C(C(=O)NCCCNC(=O)Cc2ccccc2)C(C)(C)N1.Cl. The lowest BCUT2D eigenvalue weighted by Crippen LogP contribution is -2.47. The molecule has 5 nitrogen and oxygen atoms in total. The molecular formula is C20H30ClN3O2. The molecule has 1 aliphatic rings. The third kappa shape index (κ3) is 6.46. The first-order valence-electron chi connectivity index (χ1n) is 8.81. The van der Waals surface area contributed by atoms with Gasteiger partial charge in [0.15, 0.2) is 0 Å². The second kappa shape index (κ2) is 9.19. The van der Waals surface area contributed by atoms with Crippen LogP contribution in [-0.4, -0.2) is 36.0 Å². The van der Waals surface area contributed by atoms with Crippen molar-refractivity contribution in [2.45, 2.75) is 51.6 Å². The minimum Gasteiger partial charge on any atom is -0.356 e. The van der Waals surface area contributed by atoms with Crippen molar-refractivity contribution in [3.05, 3.63) is 47.5 Å². The molecule has 26 heavy (non-hydrogen) atoms. The van der Waals surface area contributed by atoms with Crippen LogP contribution in [0.4, 0.5) is 0 Å². The summed E-state index contributed by atoms with van der Waals surface area (Å²) in [6.07, 6.45) is 3.08. The maximum atomic E-state index is 12.4. The Hall–Kier alpha value is -1.85. The third-order valence-electron chi connectivity index (χ3n) is 4.23. The third-order valence-corrected chi connectivity index (χ3v) is 4.23. The average molecular weight is 380 g/mol. The highest BCUT2D eigenvalue weighted by Gasteiger charge is 2.39. The number of benzene rings is 1. The summed E-state index contributed by atoms with van der Waals surface area (Å²) in [4.78, 5) is 24.2. The van der Waals surface area contributed by atoms with Crippen LogP contribution in [0.3, 0.4) is 0 Å². The van der Waals surface area contributed by atoms with Crippen LogP contribution in [0.1, 0.15) is 39.7 Å². The number of rotatable bonds is 7. The Morgan fingerprint density at radius 1 is 1.00 bits per heavy atom. The minimum atomic E-state index is -0.336. The summed E-state index contributed by atoms with van der Waals surface area (Å²) in [7, 11) is 0. The average Bonchev–Trinajstić information content (AvgIpc) is 2.75. The van der Waals surface area contributed by atoms with Gasteiger partial charge in [-0.25, -0.2) is 0 Å². The smallest absolute Gasteiger partial charge is 0.248 e. The molecule has 0 unspecified atom stereocenters. The van der Waals surface area contributed by atoms with Crippen LogP contribution < -0.4 is 16.0 Å². The van der Waals surface area contributed by atoms with Crippen LogP contribution in [0, 0.1) is 0 Å². The van der Waals surface area contributed by atoms with Gasteiger partial charge in [-0.1, -0.05) is 36.4 Å². The second-order valence-electron chi connectivity index (χ2n) is 7.65. The highest BCUT2D eigenvalue weighted by Crippen LogP contribution is 2.29. The Labute approximate surface area is 162 Å². The topological polar surface area (TPSA) is 70.2 Å². The molecule has 0 bridgehead atoms.